The summed E-state index contributed by atoms with van der Waals surface area (Å²) in [6.07, 6.45) is 5.17. The number of esters is 2. The monoisotopic (exact) mass is 802 g/mol. The number of rotatable bonds is 8. The van der Waals surface area contributed by atoms with Gasteiger partial charge in [0.15, 0.2) is 0 Å². The SMILES string of the molecule is COC(=O)C(N=C(c1ccccc1)c1ccccc1)(C(=O)OC)[C@@H]1CCCc2ccc(Br)cc21.NC(C(=O)O)[C@@H]1CCCc2ccc(Br)cc21. The average molecular weight is 805 g/mol. The second kappa shape index (κ2) is 16.7. The Kier molecular flexibility index (Phi) is 12.4. The Bertz CT molecular complexity index is 1810. The number of carbonyl (C=O) groups excluding carboxylic acids is 2. The summed E-state index contributed by atoms with van der Waals surface area (Å²) in [6, 6.07) is 30.3. The number of hydrogen-bond acceptors (Lipinski definition) is 7. The Morgan fingerprint density at radius 1 is 0.760 bits per heavy atom. The molecule has 0 saturated carbocycles. The third kappa shape index (κ3) is 7.93. The highest BCUT2D eigenvalue weighted by atomic mass is 79.9. The summed E-state index contributed by atoms with van der Waals surface area (Å²) < 4.78 is 12.4. The molecular formula is C40H40Br2N2O6. The molecule has 0 spiro atoms. The maximum Gasteiger partial charge on any atom is 0.346 e. The number of carboxylic acid groups (broad SMARTS) is 1. The van der Waals surface area contributed by atoms with Crippen molar-refractivity contribution >= 4 is 55.5 Å². The van der Waals surface area contributed by atoms with Crippen LogP contribution >= 0.6 is 31.9 Å². The van der Waals surface area contributed by atoms with Crippen molar-refractivity contribution in [3.63, 3.8) is 0 Å². The van der Waals surface area contributed by atoms with E-state index in [0.717, 1.165) is 68.9 Å². The first-order valence-electron chi connectivity index (χ1n) is 16.5. The number of halogens is 2. The van der Waals surface area contributed by atoms with Crippen LogP contribution in [0.2, 0.25) is 0 Å². The van der Waals surface area contributed by atoms with E-state index in [2.05, 4.69) is 37.9 Å². The number of nitrogens with two attached hydrogens (primary N) is 1. The topological polar surface area (TPSA) is 128 Å². The van der Waals surface area contributed by atoms with Crippen LogP contribution in [0.4, 0.5) is 0 Å². The van der Waals surface area contributed by atoms with Gasteiger partial charge in [0.25, 0.3) is 5.54 Å². The lowest BCUT2D eigenvalue weighted by atomic mass is 9.71. The highest BCUT2D eigenvalue weighted by molar-refractivity contribution is 9.10. The summed E-state index contributed by atoms with van der Waals surface area (Å²) in [5.74, 6) is -2.99. The lowest BCUT2D eigenvalue weighted by molar-refractivity contribution is -0.162. The highest BCUT2D eigenvalue weighted by Crippen LogP contribution is 2.44. The average Bonchev–Trinajstić information content (AvgIpc) is 3.15. The number of carbonyl (C=O) groups is 3. The molecule has 1 unspecified atom stereocenters. The van der Waals surface area contributed by atoms with Gasteiger partial charge in [-0.2, -0.15) is 0 Å². The van der Waals surface area contributed by atoms with Crippen molar-refractivity contribution in [1.82, 2.24) is 0 Å². The van der Waals surface area contributed by atoms with E-state index in [1.54, 1.807) is 0 Å². The lowest BCUT2D eigenvalue weighted by Crippen LogP contribution is -2.53. The second-order valence-electron chi connectivity index (χ2n) is 12.4. The summed E-state index contributed by atoms with van der Waals surface area (Å²) >= 11 is 6.96. The Hall–Kier alpha value is -4.12. The highest BCUT2D eigenvalue weighted by Gasteiger charge is 2.56. The van der Waals surface area contributed by atoms with Gasteiger partial charge in [-0.15, -0.1) is 0 Å². The van der Waals surface area contributed by atoms with Gasteiger partial charge in [0, 0.05) is 31.9 Å². The van der Waals surface area contributed by atoms with E-state index in [0.29, 0.717) is 12.1 Å². The molecule has 6 rings (SSSR count). The van der Waals surface area contributed by atoms with E-state index in [4.69, 9.17) is 25.3 Å². The van der Waals surface area contributed by atoms with Gasteiger partial charge in [-0.25, -0.2) is 9.59 Å². The van der Waals surface area contributed by atoms with Gasteiger partial charge in [0.05, 0.1) is 19.9 Å². The van der Waals surface area contributed by atoms with E-state index >= 15 is 0 Å². The molecular weight excluding hydrogens is 764 g/mol. The van der Waals surface area contributed by atoms with E-state index in [-0.39, 0.29) is 5.92 Å². The third-order valence-corrected chi connectivity index (χ3v) is 10.5. The van der Waals surface area contributed by atoms with Crippen molar-refractivity contribution in [3.8, 4) is 0 Å². The molecule has 0 aliphatic heterocycles. The minimum atomic E-state index is -1.90. The molecule has 3 atom stereocenters. The molecule has 0 radical (unpaired) electrons. The molecule has 2 aliphatic rings. The fourth-order valence-electron chi connectivity index (χ4n) is 7.07. The molecule has 260 valence electrons. The van der Waals surface area contributed by atoms with E-state index in [1.165, 1.54) is 19.8 Å². The Labute approximate surface area is 309 Å². The number of fused-ring (bicyclic) bond motifs is 2. The van der Waals surface area contributed by atoms with Crippen LogP contribution in [0.5, 0.6) is 0 Å². The number of methoxy groups -OCH3 is 2. The molecule has 50 heavy (non-hydrogen) atoms. The molecule has 3 N–H and O–H groups in total. The van der Waals surface area contributed by atoms with Gasteiger partial charge in [-0.05, 0) is 85.0 Å². The van der Waals surface area contributed by atoms with Gasteiger partial charge in [0.1, 0.15) is 6.04 Å². The summed E-state index contributed by atoms with van der Waals surface area (Å²) in [6.45, 7) is 0. The zero-order valence-corrected chi connectivity index (χ0v) is 31.2. The standard InChI is InChI=1S/C28H26BrNO4.C12H14BrNO2/c1-33-26(31)28(27(32)34-2,24-15-9-14-19-16-17-22(29)18-23(19)24)30-25(20-10-5-3-6-11-20)21-12-7-4-8-13-21;13-8-5-4-7-2-1-3-9(10(7)6-8)11(14)12(15)16/h3-8,10-13,16-18,24H,9,14-15H2,1-2H3;4-6,9,11H,1-3,14H2,(H,15,16)/t24-;9-,11?/m11/s1. The smallest absolute Gasteiger partial charge is 0.346 e. The minimum Gasteiger partial charge on any atom is -0.480 e. The van der Waals surface area contributed by atoms with Gasteiger partial charge < -0.3 is 20.3 Å². The number of benzene rings is 4. The first kappa shape index (κ1) is 37.1. The molecule has 2 aliphatic carbocycles. The maximum absolute atomic E-state index is 13.6. The number of aliphatic carboxylic acids is 1. The lowest BCUT2D eigenvalue weighted by Gasteiger charge is -2.37. The first-order valence-corrected chi connectivity index (χ1v) is 18.1. The van der Waals surface area contributed by atoms with Crippen LogP contribution in [0.1, 0.15) is 70.9 Å². The fraction of sp³-hybridized carbons (Fsp3) is 0.300. The van der Waals surface area contributed by atoms with Crippen LogP contribution in [-0.4, -0.2) is 54.5 Å². The van der Waals surface area contributed by atoms with E-state index in [1.807, 2.05) is 91.0 Å². The molecule has 4 aromatic rings. The van der Waals surface area contributed by atoms with Crippen molar-refractivity contribution in [2.24, 2.45) is 10.7 Å². The van der Waals surface area contributed by atoms with Crippen LogP contribution in [0.25, 0.3) is 0 Å². The van der Waals surface area contributed by atoms with Crippen LogP contribution in [0.15, 0.2) is 111 Å². The largest absolute Gasteiger partial charge is 0.480 e. The van der Waals surface area contributed by atoms with Gasteiger partial charge in [-0.3, -0.25) is 9.79 Å². The number of aryl methyl sites for hydroxylation is 2. The van der Waals surface area contributed by atoms with Crippen LogP contribution in [-0.2, 0) is 36.7 Å². The minimum absolute atomic E-state index is 0.0567. The molecule has 0 saturated heterocycles. The maximum atomic E-state index is 13.6. The Morgan fingerprint density at radius 3 is 1.74 bits per heavy atom. The number of hydrogen-bond donors (Lipinski definition) is 2. The second-order valence-corrected chi connectivity index (χ2v) is 14.3. The summed E-state index contributed by atoms with van der Waals surface area (Å²) in [5, 5.41) is 8.99. The molecule has 0 aromatic heterocycles. The Balaban J connectivity index is 0.000000253. The molecule has 0 fully saturated rings. The summed E-state index contributed by atoms with van der Waals surface area (Å²) in [4.78, 5) is 43.1. The molecule has 0 heterocycles. The van der Waals surface area contributed by atoms with Gasteiger partial charge in [0.2, 0.25) is 0 Å². The zero-order chi connectivity index (χ0) is 35.8. The number of carboxylic acids is 1. The van der Waals surface area contributed by atoms with Crippen molar-refractivity contribution < 1.29 is 29.0 Å². The van der Waals surface area contributed by atoms with Crippen LogP contribution < -0.4 is 5.73 Å². The third-order valence-electron chi connectivity index (χ3n) is 9.49. The van der Waals surface area contributed by atoms with E-state index < -0.39 is 35.4 Å². The zero-order valence-electron chi connectivity index (χ0n) is 28.0. The molecule has 0 amide bonds. The van der Waals surface area contributed by atoms with E-state index in [9.17, 15) is 14.4 Å². The normalized spacial score (nSPS) is 17.1. The molecule has 10 heteroatoms. The van der Waals surface area contributed by atoms with Crippen molar-refractivity contribution in [2.75, 3.05) is 14.2 Å². The number of aliphatic imine (C=N–C) groups is 1. The van der Waals surface area contributed by atoms with Crippen LogP contribution in [0, 0.1) is 0 Å². The predicted octanol–water partition coefficient (Wildman–Crippen LogP) is 7.77. The number of ether oxygens (including phenoxy) is 2. The van der Waals surface area contributed by atoms with Gasteiger partial charge >= 0.3 is 17.9 Å². The summed E-state index contributed by atoms with van der Waals surface area (Å²) in [7, 11) is 2.57. The van der Waals surface area contributed by atoms with Crippen molar-refractivity contribution in [2.45, 2.75) is 61.9 Å². The molecule has 8 nitrogen and oxygen atoms in total. The predicted molar refractivity (Wildman–Crippen MR) is 201 cm³/mol. The number of nitrogens with zero attached hydrogens (tertiary/aromatic N) is 1. The first-order chi connectivity index (χ1) is 24.1. The van der Waals surface area contributed by atoms with Crippen molar-refractivity contribution in [1.29, 1.82) is 0 Å². The van der Waals surface area contributed by atoms with Gasteiger partial charge in [-0.1, -0.05) is 105 Å². The molecule has 0 bridgehead atoms. The van der Waals surface area contributed by atoms with Crippen molar-refractivity contribution in [3.05, 3.63) is 139 Å². The Morgan fingerprint density at radius 2 is 1.24 bits per heavy atom. The molecule has 4 aromatic carbocycles. The van der Waals surface area contributed by atoms with Crippen LogP contribution in [0.3, 0.4) is 0 Å². The fourth-order valence-corrected chi connectivity index (χ4v) is 7.83. The summed E-state index contributed by atoms with van der Waals surface area (Å²) in [5.41, 5.74) is 10.3. The quantitative estimate of drug-likeness (QED) is 0.106.